The summed E-state index contributed by atoms with van der Waals surface area (Å²) >= 11 is 0. The fraction of sp³-hybridized carbons (Fsp3) is 0.455. The van der Waals surface area contributed by atoms with Gasteiger partial charge in [0.15, 0.2) is 0 Å². The molecule has 0 aromatic heterocycles. The van der Waals surface area contributed by atoms with Gasteiger partial charge in [-0.25, -0.2) is 4.39 Å². The molecular formula is C11H14FNO. The predicted molar refractivity (Wildman–Crippen MR) is 52.7 cm³/mol. The smallest absolute Gasteiger partial charge is 0.127 e. The highest BCUT2D eigenvalue weighted by Crippen LogP contribution is 2.31. The van der Waals surface area contributed by atoms with Gasteiger partial charge >= 0.3 is 0 Å². The minimum Gasteiger partial charge on any atom is -0.395 e. The summed E-state index contributed by atoms with van der Waals surface area (Å²) in [6.07, 6.45) is 0.796. The molecule has 1 aromatic carbocycles. The molecule has 0 aliphatic carbocycles. The molecule has 0 spiro atoms. The van der Waals surface area contributed by atoms with Gasteiger partial charge in [-0.1, -0.05) is 18.2 Å². The second kappa shape index (κ2) is 3.67. The molecule has 1 saturated heterocycles. The van der Waals surface area contributed by atoms with E-state index >= 15 is 0 Å². The topological polar surface area (TPSA) is 32.3 Å². The first-order valence-electron chi connectivity index (χ1n) is 4.85. The summed E-state index contributed by atoms with van der Waals surface area (Å²) in [6.45, 7) is 1.50. The van der Waals surface area contributed by atoms with E-state index in [2.05, 4.69) is 5.32 Å². The Bertz CT molecular complexity index is 321. The fourth-order valence-electron chi connectivity index (χ4n) is 2.09. The monoisotopic (exact) mass is 195 g/mol. The molecule has 2 rings (SSSR count). The molecule has 0 amide bonds. The molecule has 1 atom stereocenters. The standard InChI is InChI=1S/C11H14FNO/c12-10-4-2-1-3-9(10)11(8-14)5-6-13-7-11/h1-4,13-14H,5-8H2. The molecule has 1 aliphatic heterocycles. The van der Waals surface area contributed by atoms with Crippen molar-refractivity contribution in [2.24, 2.45) is 0 Å². The maximum absolute atomic E-state index is 13.5. The first kappa shape index (κ1) is 9.62. The number of halogens is 1. The average Bonchev–Trinajstić information content (AvgIpc) is 2.68. The van der Waals surface area contributed by atoms with Crippen molar-refractivity contribution in [2.75, 3.05) is 19.7 Å². The van der Waals surface area contributed by atoms with E-state index in [-0.39, 0.29) is 12.4 Å². The number of nitrogens with one attached hydrogen (secondary N) is 1. The predicted octanol–water partition coefficient (Wildman–Crippen LogP) is 1.05. The second-order valence-corrected chi connectivity index (χ2v) is 3.85. The van der Waals surface area contributed by atoms with Gasteiger partial charge in [0, 0.05) is 12.0 Å². The van der Waals surface area contributed by atoms with Crippen LogP contribution in [0.15, 0.2) is 24.3 Å². The normalized spacial score (nSPS) is 26.7. The molecule has 0 bridgehead atoms. The number of benzene rings is 1. The van der Waals surface area contributed by atoms with Crippen molar-refractivity contribution in [1.29, 1.82) is 0 Å². The molecule has 0 saturated carbocycles. The molecule has 14 heavy (non-hydrogen) atoms. The first-order chi connectivity index (χ1) is 6.78. The lowest BCUT2D eigenvalue weighted by atomic mass is 9.80. The van der Waals surface area contributed by atoms with E-state index in [1.165, 1.54) is 6.07 Å². The highest BCUT2D eigenvalue weighted by atomic mass is 19.1. The van der Waals surface area contributed by atoms with Crippen LogP contribution in [0.3, 0.4) is 0 Å². The quantitative estimate of drug-likeness (QED) is 0.739. The number of hydrogen-bond donors (Lipinski definition) is 2. The molecule has 0 radical (unpaired) electrons. The fourth-order valence-corrected chi connectivity index (χ4v) is 2.09. The van der Waals surface area contributed by atoms with Crippen LogP contribution in [0.4, 0.5) is 4.39 Å². The van der Waals surface area contributed by atoms with E-state index in [9.17, 15) is 9.50 Å². The second-order valence-electron chi connectivity index (χ2n) is 3.85. The van der Waals surface area contributed by atoms with Crippen LogP contribution in [0.25, 0.3) is 0 Å². The number of aliphatic hydroxyl groups excluding tert-OH is 1. The summed E-state index contributed by atoms with van der Waals surface area (Å²) in [5.41, 5.74) is 0.221. The van der Waals surface area contributed by atoms with Crippen LogP contribution in [0.1, 0.15) is 12.0 Å². The van der Waals surface area contributed by atoms with Gasteiger partial charge in [-0.3, -0.25) is 0 Å². The molecule has 1 heterocycles. The molecule has 76 valence electrons. The zero-order valence-corrected chi connectivity index (χ0v) is 7.96. The van der Waals surface area contributed by atoms with Crippen LogP contribution in [0, 0.1) is 5.82 Å². The van der Waals surface area contributed by atoms with Crippen molar-refractivity contribution >= 4 is 0 Å². The first-order valence-corrected chi connectivity index (χ1v) is 4.85. The molecule has 1 unspecified atom stereocenters. The number of rotatable bonds is 2. The van der Waals surface area contributed by atoms with Gasteiger partial charge in [0.25, 0.3) is 0 Å². The van der Waals surface area contributed by atoms with Crippen molar-refractivity contribution in [1.82, 2.24) is 5.32 Å². The van der Waals surface area contributed by atoms with Crippen molar-refractivity contribution in [3.05, 3.63) is 35.6 Å². The lowest BCUT2D eigenvalue weighted by molar-refractivity contribution is 0.202. The minimum atomic E-state index is -0.411. The zero-order valence-electron chi connectivity index (χ0n) is 7.96. The van der Waals surface area contributed by atoms with Crippen LogP contribution >= 0.6 is 0 Å². The third kappa shape index (κ3) is 1.42. The largest absolute Gasteiger partial charge is 0.395 e. The molecular weight excluding hydrogens is 181 g/mol. The van der Waals surface area contributed by atoms with E-state index in [1.54, 1.807) is 12.1 Å². The molecule has 1 aliphatic rings. The van der Waals surface area contributed by atoms with Gasteiger partial charge in [0.2, 0.25) is 0 Å². The van der Waals surface area contributed by atoms with Gasteiger partial charge in [-0.15, -0.1) is 0 Å². The van der Waals surface area contributed by atoms with Gasteiger partial charge < -0.3 is 10.4 Å². The molecule has 1 aromatic rings. The van der Waals surface area contributed by atoms with Crippen molar-refractivity contribution in [3.8, 4) is 0 Å². The van der Waals surface area contributed by atoms with E-state index in [0.29, 0.717) is 12.1 Å². The van der Waals surface area contributed by atoms with E-state index < -0.39 is 5.41 Å². The molecule has 2 N–H and O–H groups in total. The number of aliphatic hydroxyl groups is 1. The highest BCUT2D eigenvalue weighted by molar-refractivity contribution is 5.29. The maximum atomic E-state index is 13.5. The van der Waals surface area contributed by atoms with Gasteiger partial charge in [0.05, 0.1) is 6.61 Å². The maximum Gasteiger partial charge on any atom is 0.127 e. The van der Waals surface area contributed by atoms with Crippen molar-refractivity contribution < 1.29 is 9.50 Å². The van der Waals surface area contributed by atoms with Crippen molar-refractivity contribution in [2.45, 2.75) is 11.8 Å². The Morgan fingerprint density at radius 3 is 2.79 bits per heavy atom. The lowest BCUT2D eigenvalue weighted by Crippen LogP contribution is -2.34. The van der Waals surface area contributed by atoms with Crippen LogP contribution in [0.2, 0.25) is 0 Å². The van der Waals surface area contributed by atoms with Crippen LogP contribution in [-0.4, -0.2) is 24.8 Å². The van der Waals surface area contributed by atoms with Crippen molar-refractivity contribution in [3.63, 3.8) is 0 Å². The Kier molecular flexibility index (Phi) is 2.52. The van der Waals surface area contributed by atoms with Gasteiger partial charge in [-0.2, -0.15) is 0 Å². The zero-order chi connectivity index (χ0) is 10.0. The van der Waals surface area contributed by atoms with E-state index in [4.69, 9.17) is 0 Å². The average molecular weight is 195 g/mol. The van der Waals surface area contributed by atoms with Crippen LogP contribution in [-0.2, 0) is 5.41 Å². The molecule has 3 heteroatoms. The summed E-state index contributed by atoms with van der Waals surface area (Å²) in [7, 11) is 0. The van der Waals surface area contributed by atoms with E-state index in [0.717, 1.165) is 13.0 Å². The number of hydrogen-bond acceptors (Lipinski definition) is 2. The third-order valence-electron chi connectivity index (χ3n) is 2.99. The van der Waals surface area contributed by atoms with Gasteiger partial charge in [0.1, 0.15) is 5.82 Å². The summed E-state index contributed by atoms with van der Waals surface area (Å²) < 4.78 is 13.5. The Morgan fingerprint density at radius 1 is 1.43 bits per heavy atom. The van der Waals surface area contributed by atoms with E-state index in [1.807, 2.05) is 6.07 Å². The Balaban J connectivity index is 2.41. The summed E-state index contributed by atoms with van der Waals surface area (Å²) in [6, 6.07) is 6.70. The SMILES string of the molecule is OCC1(c2ccccc2F)CCNC1. The Morgan fingerprint density at radius 2 is 2.21 bits per heavy atom. The summed E-state index contributed by atoms with van der Waals surface area (Å²) in [5.74, 6) is -0.217. The highest BCUT2D eigenvalue weighted by Gasteiger charge is 2.36. The third-order valence-corrected chi connectivity index (χ3v) is 2.99. The Hall–Kier alpha value is -0.930. The summed E-state index contributed by atoms with van der Waals surface area (Å²) in [4.78, 5) is 0. The molecule has 1 fully saturated rings. The van der Waals surface area contributed by atoms with Crippen LogP contribution < -0.4 is 5.32 Å². The minimum absolute atomic E-state index is 0.000926. The van der Waals surface area contributed by atoms with Gasteiger partial charge in [-0.05, 0) is 24.6 Å². The molecule has 2 nitrogen and oxygen atoms in total. The summed E-state index contributed by atoms with van der Waals surface area (Å²) in [5, 5.41) is 12.6. The van der Waals surface area contributed by atoms with Crippen LogP contribution in [0.5, 0.6) is 0 Å². The lowest BCUT2D eigenvalue weighted by Gasteiger charge is -2.26. The Labute approximate surface area is 82.8 Å².